The molecule has 0 aliphatic carbocycles. The zero-order valence-corrected chi connectivity index (χ0v) is 6.32. The van der Waals surface area contributed by atoms with Crippen molar-refractivity contribution in [3.05, 3.63) is 35.1 Å². The Balaban J connectivity index is 2.67. The first-order chi connectivity index (χ1) is 6.11. The Labute approximate surface area is 72.2 Å². The van der Waals surface area contributed by atoms with E-state index in [1.165, 1.54) is 6.07 Å². The fourth-order valence-corrected chi connectivity index (χ4v) is 1.20. The fourth-order valence-electron chi connectivity index (χ4n) is 1.20. The first-order valence-corrected chi connectivity index (χ1v) is 3.48. The van der Waals surface area contributed by atoms with E-state index in [2.05, 4.69) is 0 Å². The molecule has 13 heavy (non-hydrogen) atoms. The lowest BCUT2D eigenvalue weighted by Crippen LogP contribution is -2.25. The van der Waals surface area contributed by atoms with Crippen LogP contribution in [0.25, 0.3) is 0 Å². The van der Waals surface area contributed by atoms with Crippen LogP contribution in [-0.2, 0) is 0 Å². The highest BCUT2D eigenvalue weighted by molar-refractivity contribution is 6.20. The van der Waals surface area contributed by atoms with Crippen molar-refractivity contribution in [3.63, 3.8) is 0 Å². The molecule has 2 amide bonds. The maximum Gasteiger partial charge on any atom is 0.285 e. The molecular weight excluding hydrogens is 177 g/mol. The van der Waals surface area contributed by atoms with E-state index in [0.29, 0.717) is 0 Å². The van der Waals surface area contributed by atoms with Gasteiger partial charge in [0.1, 0.15) is 5.82 Å². The number of fused-ring (bicyclic) bond motifs is 1. The van der Waals surface area contributed by atoms with Crippen molar-refractivity contribution in [1.29, 1.82) is 0 Å². The molecule has 0 fully saturated rings. The highest BCUT2D eigenvalue weighted by Crippen LogP contribution is 2.21. The van der Waals surface area contributed by atoms with E-state index >= 15 is 0 Å². The topological polar surface area (TPSA) is 57.6 Å². The highest BCUT2D eigenvalue weighted by Gasteiger charge is 2.34. The average molecular weight is 181 g/mol. The van der Waals surface area contributed by atoms with Gasteiger partial charge in [-0.3, -0.25) is 14.8 Å². The Morgan fingerprint density at radius 3 is 2.46 bits per heavy atom. The molecule has 0 unspecified atom stereocenters. The van der Waals surface area contributed by atoms with Crippen LogP contribution in [0, 0.1) is 5.82 Å². The summed E-state index contributed by atoms with van der Waals surface area (Å²) in [5.74, 6) is -2.32. The van der Waals surface area contributed by atoms with Crippen molar-refractivity contribution < 1.29 is 19.2 Å². The number of hydrogen-bond donors (Lipinski definition) is 1. The maximum atomic E-state index is 12.6. The third-order valence-corrected chi connectivity index (χ3v) is 1.83. The van der Waals surface area contributed by atoms with Gasteiger partial charge >= 0.3 is 0 Å². The van der Waals surface area contributed by atoms with Crippen molar-refractivity contribution in [3.8, 4) is 0 Å². The van der Waals surface area contributed by atoms with E-state index < -0.39 is 17.6 Å². The summed E-state index contributed by atoms with van der Waals surface area (Å²) in [6, 6.07) is 3.15. The molecule has 66 valence electrons. The van der Waals surface area contributed by atoms with Crippen LogP contribution >= 0.6 is 0 Å². The van der Waals surface area contributed by atoms with Crippen LogP contribution in [0.2, 0.25) is 0 Å². The second-order valence-electron chi connectivity index (χ2n) is 2.61. The molecular formula is C8H4FNO3. The number of carbonyl (C=O) groups excluding carboxylic acids is 2. The number of carbonyl (C=O) groups is 2. The highest BCUT2D eigenvalue weighted by atomic mass is 19.1. The van der Waals surface area contributed by atoms with Gasteiger partial charge in [-0.25, -0.2) is 4.39 Å². The third-order valence-electron chi connectivity index (χ3n) is 1.83. The Bertz CT molecular complexity index is 416. The van der Waals surface area contributed by atoms with Crippen LogP contribution in [0.1, 0.15) is 20.7 Å². The molecule has 2 rings (SSSR count). The molecule has 1 aromatic rings. The molecule has 0 atom stereocenters. The lowest BCUT2D eigenvalue weighted by molar-refractivity contribution is -0.0327. The van der Waals surface area contributed by atoms with E-state index in [4.69, 9.17) is 5.21 Å². The Morgan fingerprint density at radius 2 is 1.77 bits per heavy atom. The molecule has 0 aromatic heterocycles. The fraction of sp³-hybridized carbons (Fsp3) is 0. The van der Waals surface area contributed by atoms with Crippen LogP contribution in [0.15, 0.2) is 18.2 Å². The minimum atomic E-state index is -0.889. The van der Waals surface area contributed by atoms with Crippen LogP contribution in [0.3, 0.4) is 0 Å². The number of amides is 2. The maximum absolute atomic E-state index is 12.6. The molecule has 5 heteroatoms. The summed E-state index contributed by atoms with van der Waals surface area (Å²) in [5, 5.41) is 8.87. The van der Waals surface area contributed by atoms with Gasteiger partial charge in [0.25, 0.3) is 11.8 Å². The summed E-state index contributed by atoms with van der Waals surface area (Å²) in [6.07, 6.45) is 0. The summed E-state index contributed by atoms with van der Waals surface area (Å²) >= 11 is 0. The van der Waals surface area contributed by atoms with Crippen LogP contribution in [0.4, 0.5) is 4.39 Å². The standard InChI is InChI=1S/C8H4FNO3/c9-4-1-2-5-6(3-4)8(12)10(13)7(5)11/h1-3,13H. The van der Waals surface area contributed by atoms with Crippen molar-refractivity contribution in [1.82, 2.24) is 5.06 Å². The number of benzene rings is 1. The van der Waals surface area contributed by atoms with Gasteiger partial charge in [-0.2, -0.15) is 0 Å². The van der Waals surface area contributed by atoms with E-state index in [1.54, 1.807) is 0 Å². The van der Waals surface area contributed by atoms with Gasteiger partial charge in [0.2, 0.25) is 0 Å². The van der Waals surface area contributed by atoms with Crippen LogP contribution < -0.4 is 0 Å². The molecule has 0 spiro atoms. The number of nitrogens with zero attached hydrogens (tertiary/aromatic N) is 1. The van der Waals surface area contributed by atoms with Crippen LogP contribution in [-0.4, -0.2) is 22.1 Å². The first-order valence-electron chi connectivity index (χ1n) is 3.48. The van der Waals surface area contributed by atoms with Gasteiger partial charge in [0, 0.05) is 0 Å². The zero-order valence-electron chi connectivity index (χ0n) is 6.32. The quantitative estimate of drug-likeness (QED) is 0.476. The van der Waals surface area contributed by atoms with Gasteiger partial charge in [-0.15, -0.1) is 5.06 Å². The molecule has 0 saturated heterocycles. The monoisotopic (exact) mass is 181 g/mol. The van der Waals surface area contributed by atoms with Gasteiger partial charge in [0.05, 0.1) is 11.1 Å². The molecule has 0 radical (unpaired) electrons. The summed E-state index contributed by atoms with van der Waals surface area (Å²) in [7, 11) is 0. The molecule has 1 aliphatic heterocycles. The summed E-state index contributed by atoms with van der Waals surface area (Å²) in [4.78, 5) is 22.1. The molecule has 4 nitrogen and oxygen atoms in total. The Kier molecular flexibility index (Phi) is 1.43. The van der Waals surface area contributed by atoms with Gasteiger partial charge in [0.15, 0.2) is 0 Å². The SMILES string of the molecule is O=C1c2ccc(F)cc2C(=O)N1O. The molecule has 1 aromatic carbocycles. The van der Waals surface area contributed by atoms with E-state index in [1.807, 2.05) is 0 Å². The van der Waals surface area contributed by atoms with Gasteiger partial charge < -0.3 is 0 Å². The summed E-state index contributed by atoms with van der Waals surface area (Å²) in [6.45, 7) is 0. The lowest BCUT2D eigenvalue weighted by Gasteiger charge is -1.99. The van der Waals surface area contributed by atoms with Crippen molar-refractivity contribution in [2.45, 2.75) is 0 Å². The normalized spacial score (nSPS) is 15.1. The smallest absolute Gasteiger partial charge is 0.278 e. The molecule has 0 saturated carbocycles. The number of hydroxylamine groups is 2. The third kappa shape index (κ3) is 0.940. The number of imide groups is 1. The second-order valence-corrected chi connectivity index (χ2v) is 2.61. The van der Waals surface area contributed by atoms with Crippen molar-refractivity contribution >= 4 is 11.8 Å². The number of halogens is 1. The van der Waals surface area contributed by atoms with E-state index in [-0.39, 0.29) is 16.2 Å². The predicted octanol–water partition coefficient (Wildman–Crippen LogP) is 0.811. The van der Waals surface area contributed by atoms with Crippen molar-refractivity contribution in [2.75, 3.05) is 0 Å². The minimum Gasteiger partial charge on any atom is -0.278 e. The molecule has 0 bridgehead atoms. The second kappa shape index (κ2) is 2.37. The first kappa shape index (κ1) is 7.88. The summed E-state index contributed by atoms with van der Waals surface area (Å²) < 4.78 is 12.6. The minimum absolute atomic E-state index is 0.0221. The summed E-state index contributed by atoms with van der Waals surface area (Å²) in [5.41, 5.74) is -0.0820. The number of hydrogen-bond acceptors (Lipinski definition) is 3. The average Bonchev–Trinajstić information content (AvgIpc) is 2.32. The van der Waals surface area contributed by atoms with E-state index in [9.17, 15) is 14.0 Å². The van der Waals surface area contributed by atoms with Crippen LogP contribution in [0.5, 0.6) is 0 Å². The largest absolute Gasteiger partial charge is 0.285 e. The number of rotatable bonds is 0. The van der Waals surface area contributed by atoms with E-state index in [0.717, 1.165) is 12.1 Å². The molecule has 1 aliphatic rings. The molecule has 1 heterocycles. The molecule has 1 N–H and O–H groups in total. The van der Waals surface area contributed by atoms with Gasteiger partial charge in [-0.1, -0.05) is 0 Å². The van der Waals surface area contributed by atoms with Gasteiger partial charge in [-0.05, 0) is 18.2 Å². The zero-order chi connectivity index (χ0) is 9.59. The predicted molar refractivity (Wildman–Crippen MR) is 38.7 cm³/mol. The van der Waals surface area contributed by atoms with Crippen molar-refractivity contribution in [2.24, 2.45) is 0 Å². The Morgan fingerprint density at radius 1 is 1.15 bits per heavy atom. The lowest BCUT2D eigenvalue weighted by atomic mass is 10.1. The Hall–Kier alpha value is -1.75.